The fourth-order valence-electron chi connectivity index (χ4n) is 3.02. The molecule has 3 N–H and O–H groups in total. The van der Waals surface area contributed by atoms with E-state index in [0.717, 1.165) is 18.4 Å². The second-order valence-electron chi connectivity index (χ2n) is 7.13. The van der Waals surface area contributed by atoms with Crippen molar-refractivity contribution in [3.8, 4) is 0 Å². The molecule has 1 aromatic carbocycles. The Hall–Kier alpha value is -1.89. The molecule has 1 aromatic rings. The van der Waals surface area contributed by atoms with Crippen LogP contribution in [0.3, 0.4) is 0 Å². The molecule has 6 nitrogen and oxygen atoms in total. The summed E-state index contributed by atoms with van der Waals surface area (Å²) in [5.74, 6) is 0.337. The van der Waals surface area contributed by atoms with Crippen LogP contribution in [0.2, 0.25) is 5.02 Å². The van der Waals surface area contributed by atoms with Gasteiger partial charge < -0.3 is 20.5 Å². The van der Waals surface area contributed by atoms with E-state index < -0.39 is 12.2 Å². The summed E-state index contributed by atoms with van der Waals surface area (Å²) < 4.78 is 5.78. The van der Waals surface area contributed by atoms with Crippen LogP contribution in [0.1, 0.15) is 31.2 Å². The first kappa shape index (κ1) is 19.9. The molecule has 27 heavy (non-hydrogen) atoms. The highest BCUT2D eigenvalue weighted by Gasteiger charge is 2.31. The molecule has 3 atom stereocenters. The second-order valence-corrected chi connectivity index (χ2v) is 7.57. The van der Waals surface area contributed by atoms with E-state index in [1.54, 1.807) is 18.2 Å². The maximum absolute atomic E-state index is 12.2. The lowest BCUT2D eigenvalue weighted by molar-refractivity contribution is -0.128. The minimum atomic E-state index is -0.549. The molecule has 2 amide bonds. The number of rotatable bonds is 8. The third-order valence-corrected chi connectivity index (χ3v) is 5.00. The summed E-state index contributed by atoms with van der Waals surface area (Å²) >= 11 is 5.84. The van der Waals surface area contributed by atoms with Gasteiger partial charge in [0.2, 0.25) is 11.8 Å². The number of halogens is 1. The maximum Gasteiger partial charge on any atom is 0.223 e. The quantitative estimate of drug-likeness (QED) is 0.590. The minimum Gasteiger partial charge on any atom is -0.394 e. The lowest BCUT2D eigenvalue weighted by Gasteiger charge is -2.31. The molecule has 1 heterocycles. The highest BCUT2D eigenvalue weighted by Crippen LogP contribution is 2.32. The van der Waals surface area contributed by atoms with E-state index in [4.69, 9.17) is 16.3 Å². The van der Waals surface area contributed by atoms with E-state index in [1.807, 2.05) is 18.2 Å². The van der Waals surface area contributed by atoms with E-state index >= 15 is 0 Å². The molecular formula is C20H25ClN2O4. The van der Waals surface area contributed by atoms with E-state index in [-0.39, 0.29) is 30.9 Å². The summed E-state index contributed by atoms with van der Waals surface area (Å²) in [7, 11) is 0. The first-order valence-corrected chi connectivity index (χ1v) is 9.66. The SMILES string of the molecule is O=C(C[C@H]1C=C[C@@H](NC(=O)CC2CC2)[C@@H](CO)O1)NCc1ccc(Cl)cc1. The molecule has 7 heteroatoms. The monoisotopic (exact) mass is 392 g/mol. The average molecular weight is 393 g/mol. The van der Waals surface area contributed by atoms with Crippen LogP contribution < -0.4 is 10.6 Å². The van der Waals surface area contributed by atoms with Gasteiger partial charge in [-0.25, -0.2) is 0 Å². The van der Waals surface area contributed by atoms with Crippen molar-refractivity contribution in [1.82, 2.24) is 10.6 Å². The lowest BCUT2D eigenvalue weighted by Crippen LogP contribution is -2.49. The van der Waals surface area contributed by atoms with Crippen LogP contribution in [0.5, 0.6) is 0 Å². The topological polar surface area (TPSA) is 87.7 Å². The highest BCUT2D eigenvalue weighted by molar-refractivity contribution is 6.30. The maximum atomic E-state index is 12.2. The van der Waals surface area contributed by atoms with Crippen LogP contribution in [0.25, 0.3) is 0 Å². The van der Waals surface area contributed by atoms with Gasteiger partial charge in [-0.3, -0.25) is 9.59 Å². The standard InChI is InChI=1S/C20H25ClN2O4/c21-15-5-3-14(4-6-15)11-22-19(25)10-16-7-8-17(18(12-24)27-16)23-20(26)9-13-1-2-13/h3-8,13,16-18,24H,1-2,9-12H2,(H,22,25)(H,23,26)/t16-,17-,18-/m1/s1. The van der Waals surface area contributed by atoms with Gasteiger partial charge in [-0.2, -0.15) is 0 Å². The molecule has 3 rings (SSSR count). The Morgan fingerprint density at radius 2 is 1.85 bits per heavy atom. The van der Waals surface area contributed by atoms with Gasteiger partial charge in [0.25, 0.3) is 0 Å². The van der Waals surface area contributed by atoms with Crippen molar-refractivity contribution < 1.29 is 19.4 Å². The number of nitrogens with one attached hydrogen (secondary N) is 2. The number of benzene rings is 1. The first-order valence-electron chi connectivity index (χ1n) is 9.28. The van der Waals surface area contributed by atoms with Crippen LogP contribution in [-0.4, -0.2) is 41.8 Å². The number of hydrogen-bond donors (Lipinski definition) is 3. The molecule has 1 saturated carbocycles. The van der Waals surface area contributed by atoms with E-state index in [0.29, 0.717) is 23.9 Å². The molecule has 1 fully saturated rings. The molecule has 0 spiro atoms. The summed E-state index contributed by atoms with van der Waals surface area (Å²) in [6.07, 6.45) is 5.52. The smallest absolute Gasteiger partial charge is 0.223 e. The predicted octanol–water partition coefficient (Wildman–Crippen LogP) is 1.95. The summed E-state index contributed by atoms with van der Waals surface area (Å²) in [5, 5.41) is 16.0. The van der Waals surface area contributed by atoms with Crippen molar-refractivity contribution >= 4 is 23.4 Å². The van der Waals surface area contributed by atoms with Crippen LogP contribution in [0.15, 0.2) is 36.4 Å². The van der Waals surface area contributed by atoms with Crippen LogP contribution in [0, 0.1) is 5.92 Å². The normalized spacial score (nSPS) is 24.4. The molecule has 0 unspecified atom stereocenters. The number of carbonyl (C=O) groups excluding carboxylic acids is 2. The van der Waals surface area contributed by atoms with Gasteiger partial charge in [0.1, 0.15) is 6.10 Å². The highest BCUT2D eigenvalue weighted by atomic mass is 35.5. The second kappa shape index (κ2) is 9.35. The van der Waals surface area contributed by atoms with Crippen molar-refractivity contribution in [2.24, 2.45) is 5.92 Å². The zero-order valence-electron chi connectivity index (χ0n) is 15.1. The van der Waals surface area contributed by atoms with E-state index in [2.05, 4.69) is 10.6 Å². The lowest BCUT2D eigenvalue weighted by atomic mass is 10.0. The fourth-order valence-corrected chi connectivity index (χ4v) is 3.15. The molecule has 1 aliphatic carbocycles. The van der Waals surface area contributed by atoms with Gasteiger partial charge >= 0.3 is 0 Å². The Labute approximate surface area is 163 Å². The minimum absolute atomic E-state index is 0.0200. The van der Waals surface area contributed by atoms with Crippen LogP contribution in [-0.2, 0) is 20.9 Å². The largest absolute Gasteiger partial charge is 0.394 e. The van der Waals surface area contributed by atoms with Crippen LogP contribution in [0.4, 0.5) is 0 Å². The molecule has 0 radical (unpaired) electrons. The molecule has 1 aliphatic heterocycles. The third kappa shape index (κ3) is 6.34. The zero-order chi connectivity index (χ0) is 19.2. The summed E-state index contributed by atoms with van der Waals surface area (Å²) in [6, 6.07) is 6.90. The van der Waals surface area contributed by atoms with Crippen LogP contribution >= 0.6 is 11.6 Å². The Morgan fingerprint density at radius 3 is 2.52 bits per heavy atom. The first-order chi connectivity index (χ1) is 13.0. The average Bonchev–Trinajstić information content (AvgIpc) is 3.46. The third-order valence-electron chi connectivity index (χ3n) is 4.75. The van der Waals surface area contributed by atoms with Crippen molar-refractivity contribution in [2.45, 2.75) is 50.5 Å². The molecule has 146 valence electrons. The predicted molar refractivity (Wildman–Crippen MR) is 102 cm³/mol. The molecule has 0 aromatic heterocycles. The number of carbonyl (C=O) groups is 2. The summed E-state index contributed by atoms with van der Waals surface area (Å²) in [4.78, 5) is 24.1. The molecular weight excluding hydrogens is 368 g/mol. The molecule has 2 aliphatic rings. The van der Waals surface area contributed by atoms with E-state index in [1.165, 1.54) is 0 Å². The number of hydrogen-bond acceptors (Lipinski definition) is 4. The molecule has 0 saturated heterocycles. The zero-order valence-corrected chi connectivity index (χ0v) is 15.8. The van der Waals surface area contributed by atoms with Gasteiger partial charge in [0, 0.05) is 18.0 Å². The van der Waals surface area contributed by atoms with E-state index in [9.17, 15) is 14.7 Å². The Morgan fingerprint density at radius 1 is 1.11 bits per heavy atom. The van der Waals surface area contributed by atoms with Gasteiger partial charge in [0.05, 0.1) is 25.2 Å². The van der Waals surface area contributed by atoms with Gasteiger partial charge in [-0.1, -0.05) is 35.9 Å². The van der Waals surface area contributed by atoms with Crippen molar-refractivity contribution in [2.75, 3.05) is 6.61 Å². The number of aliphatic hydroxyl groups is 1. The Kier molecular flexibility index (Phi) is 6.88. The summed E-state index contributed by atoms with van der Waals surface area (Å²) in [6.45, 7) is 0.192. The molecule has 0 bridgehead atoms. The number of aliphatic hydroxyl groups excluding tert-OH is 1. The van der Waals surface area contributed by atoms with Crippen molar-refractivity contribution in [1.29, 1.82) is 0 Å². The Bertz CT molecular complexity index is 688. The number of amides is 2. The van der Waals surface area contributed by atoms with Crippen molar-refractivity contribution in [3.63, 3.8) is 0 Å². The Balaban J connectivity index is 1.45. The van der Waals surface area contributed by atoms with Gasteiger partial charge in [-0.05, 0) is 36.5 Å². The summed E-state index contributed by atoms with van der Waals surface area (Å²) in [5.41, 5.74) is 0.958. The van der Waals surface area contributed by atoms with Gasteiger partial charge in [-0.15, -0.1) is 0 Å². The number of ether oxygens (including phenoxy) is 1. The fraction of sp³-hybridized carbons (Fsp3) is 0.500. The van der Waals surface area contributed by atoms with Gasteiger partial charge in [0.15, 0.2) is 0 Å². The van der Waals surface area contributed by atoms with Crippen molar-refractivity contribution in [3.05, 3.63) is 47.0 Å².